The number of aromatic nitrogens is 16. The van der Waals surface area contributed by atoms with Crippen molar-refractivity contribution in [1.29, 1.82) is 0 Å². The topological polar surface area (TPSA) is 291 Å². The molecule has 0 amide bonds. The average Bonchev–Trinajstić information content (AvgIpc) is 1.62. The third-order valence-corrected chi connectivity index (χ3v) is 19.2. The van der Waals surface area contributed by atoms with E-state index < -0.39 is 22.3 Å². The summed E-state index contributed by atoms with van der Waals surface area (Å²) in [6.45, 7) is 0. The smallest absolute Gasteiger partial charge is 0.349 e. The molecule has 9 aromatic carbocycles. The molecule has 15 aromatic rings. The molecule has 4 aliphatic heterocycles. The quantitative estimate of drug-likeness (QED) is 0.120. The van der Waals surface area contributed by atoms with Crippen LogP contribution in [0.2, 0.25) is 0 Å². The molecule has 1 unspecified atom stereocenters. The number of aromatic amines is 2. The third kappa shape index (κ3) is 8.09. The monoisotopic (exact) mass is 1260 g/mol. The predicted octanol–water partition coefficient (Wildman–Crippen LogP) is 13.6. The van der Waals surface area contributed by atoms with E-state index in [1.165, 1.54) is 28.8 Å². The first-order chi connectivity index (χ1) is 46.6. The van der Waals surface area contributed by atoms with Gasteiger partial charge < -0.3 is 20.2 Å². The van der Waals surface area contributed by atoms with Crippen LogP contribution in [0.4, 0.5) is 5.69 Å². The highest BCUT2D eigenvalue weighted by atomic mass is 32.2. The van der Waals surface area contributed by atoms with Crippen LogP contribution in [0.1, 0.15) is 6.17 Å². The van der Waals surface area contributed by atoms with Crippen LogP contribution in [0.25, 0.3) is 179 Å². The number of carboxylic acid groups (broad SMARTS) is 1. The van der Waals surface area contributed by atoms with E-state index in [9.17, 15) is 10.2 Å². The van der Waals surface area contributed by atoms with Crippen molar-refractivity contribution < 1.29 is 23.4 Å². The Labute approximate surface area is 534 Å². The van der Waals surface area contributed by atoms with Crippen LogP contribution in [0.15, 0.2) is 218 Å². The minimum Gasteiger partial charge on any atom is -0.508 e. The molecule has 6 aromatic heterocycles. The number of anilines is 1. The summed E-state index contributed by atoms with van der Waals surface area (Å²) in [6, 6.07) is 64.1. The first-order valence-corrected chi connectivity index (χ1v) is 31.5. The number of aromatic hydroxyl groups is 1. The van der Waals surface area contributed by atoms with Gasteiger partial charge in [-0.1, -0.05) is 194 Å². The van der Waals surface area contributed by atoms with Crippen LogP contribution in [0.5, 0.6) is 5.75 Å². The summed E-state index contributed by atoms with van der Waals surface area (Å²) in [7, 11) is -5.58. The zero-order chi connectivity index (χ0) is 63.4. The van der Waals surface area contributed by atoms with Gasteiger partial charge in [-0.05, 0) is 24.3 Å². The Morgan fingerprint density at radius 2 is 0.589 bits per heavy atom. The first kappa shape index (κ1) is 53.5. The zero-order valence-corrected chi connectivity index (χ0v) is 49.9. The summed E-state index contributed by atoms with van der Waals surface area (Å²) in [5.74, 6) is -0.354. The van der Waals surface area contributed by atoms with Crippen molar-refractivity contribution in [3.8, 4) is 96.9 Å². The van der Waals surface area contributed by atoms with Gasteiger partial charge in [0.15, 0.2) is 57.9 Å². The maximum Gasteiger partial charge on any atom is 0.349 e. The van der Waals surface area contributed by atoms with Gasteiger partial charge in [0, 0.05) is 87.6 Å². The second-order valence-corrected chi connectivity index (χ2v) is 24.6. The summed E-state index contributed by atoms with van der Waals surface area (Å²) in [5, 5.41) is 28.0. The summed E-state index contributed by atoms with van der Waals surface area (Å²) >= 11 is 0. The lowest BCUT2D eigenvalue weighted by atomic mass is 10.1. The number of phenolic OH excluding ortho intramolecular Hbond substituents is 1. The molecule has 1 atom stereocenters. The van der Waals surface area contributed by atoms with Gasteiger partial charge in [-0.25, -0.2) is 68.9 Å². The number of rotatable bonds is 6. The molecule has 95 heavy (non-hydrogen) atoms. The Kier molecular flexibility index (Phi) is 11.3. The summed E-state index contributed by atoms with van der Waals surface area (Å²) in [4.78, 5) is 84.8. The van der Waals surface area contributed by atoms with Crippen LogP contribution < -0.4 is 4.31 Å². The van der Waals surface area contributed by atoms with Crippen molar-refractivity contribution in [2.24, 2.45) is 0 Å². The molecular formula is C72H41N17O5S. The molecule has 4 aliphatic rings. The van der Waals surface area contributed by atoms with Crippen LogP contribution in [-0.2, 0) is 15.0 Å². The fraction of sp³-hybridized carbons (Fsp3) is 0.0139. The molecule has 0 saturated heterocycles. The minimum atomic E-state index is -5.58. The molecule has 0 aliphatic carbocycles. The van der Waals surface area contributed by atoms with E-state index in [0.717, 1.165) is 29.8 Å². The summed E-state index contributed by atoms with van der Waals surface area (Å²) in [6.07, 6.45) is -2.38. The second-order valence-electron chi connectivity index (χ2n) is 22.9. The number of carbonyl (C=O) groups is 1. The maximum absolute atomic E-state index is 17.7. The third-order valence-electron chi connectivity index (χ3n) is 17.5. The fourth-order valence-electron chi connectivity index (χ4n) is 13.2. The van der Waals surface area contributed by atoms with Gasteiger partial charge in [0.1, 0.15) is 39.6 Å². The van der Waals surface area contributed by atoms with E-state index in [2.05, 4.69) is 9.97 Å². The van der Waals surface area contributed by atoms with Gasteiger partial charge in [0.2, 0.25) is 6.17 Å². The molecule has 0 fully saturated rings. The van der Waals surface area contributed by atoms with Crippen LogP contribution in [0, 0.1) is 0 Å². The van der Waals surface area contributed by atoms with Crippen molar-refractivity contribution in [3.63, 3.8) is 0 Å². The number of aliphatic carboxylic acids is 1. The zero-order valence-electron chi connectivity index (χ0n) is 49.1. The molecule has 0 saturated carbocycles. The standard InChI is InChI=1S/C72H41N17O5S/c90-38-35-33-37(34-36-38)88(95(93,94)89-69-53-31-15-16-32-54(53)70(89)86-66-50-28-12-8-24-46(50)62(82-66)78-58-42-20-4-3-19-41(42)57(74-58)77-61-45-23-7-11-27-49(45)65(81-61)85-69)71(72(91)92)87-67-51-29-13-14-30-52(51)68(87)84-64-48-26-10-6-22-44(48)60(80-64)76-56-40-18-2-1-17-39(40)55(73-56)75-59-43-21-5-9-25-47(43)63(79-59)83-67/h1-36,71,90H,(H,91,92)(H,73,75,76,79,80,83,84)(H,74,77,78,81,82,85,86). The van der Waals surface area contributed by atoms with Gasteiger partial charge >= 0.3 is 16.2 Å². The number of benzene rings is 9. The van der Waals surface area contributed by atoms with Crippen molar-refractivity contribution in [1.82, 2.24) is 78.3 Å². The maximum atomic E-state index is 17.7. The average molecular weight is 1260 g/mol. The molecular weight excluding hydrogens is 1210 g/mol. The van der Waals surface area contributed by atoms with Crippen molar-refractivity contribution in [2.45, 2.75) is 6.17 Å². The van der Waals surface area contributed by atoms with E-state index in [4.69, 9.17) is 59.8 Å². The molecule has 10 heterocycles. The van der Waals surface area contributed by atoms with Crippen LogP contribution in [0.3, 0.4) is 0 Å². The number of hydrogen-bond acceptors (Lipinski definition) is 16. The molecule has 0 spiro atoms. The molecule has 19 rings (SSSR count). The Balaban J connectivity index is 0.975. The van der Waals surface area contributed by atoms with Gasteiger partial charge in [-0.3, -0.25) is 4.57 Å². The highest BCUT2D eigenvalue weighted by molar-refractivity contribution is 7.91. The summed E-state index contributed by atoms with van der Waals surface area (Å²) < 4.78 is 38.3. The number of hydrogen-bond donors (Lipinski definition) is 4. The highest BCUT2D eigenvalue weighted by Gasteiger charge is 2.43. The van der Waals surface area contributed by atoms with E-state index in [0.29, 0.717) is 88.6 Å². The molecule has 0 radical (unpaired) electrons. The van der Waals surface area contributed by atoms with E-state index in [1.54, 1.807) is 48.5 Å². The second kappa shape index (κ2) is 20.1. The number of nitrogens with one attached hydrogen (secondary N) is 2. The highest BCUT2D eigenvalue weighted by Crippen LogP contribution is 2.44. The Bertz CT molecular complexity index is 6100. The van der Waals surface area contributed by atoms with E-state index in [1.807, 2.05) is 146 Å². The fourth-order valence-corrected chi connectivity index (χ4v) is 15.0. The summed E-state index contributed by atoms with van der Waals surface area (Å²) in [5.41, 5.74) is 5.71. The lowest BCUT2D eigenvalue weighted by Gasteiger charge is -2.31. The molecule has 16 bridgehead atoms. The number of nitrogens with zero attached hydrogens (tertiary/aromatic N) is 15. The minimum absolute atomic E-state index is 0.0521. The van der Waals surface area contributed by atoms with Crippen molar-refractivity contribution >= 4 is 110 Å². The molecule has 4 N–H and O–H groups in total. The SMILES string of the molecule is O=C(O)C(N(c1ccc(O)cc1)S(=O)(=O)n1c2nc3nc(nc4[nH]c(nc5nc(nc1c1ccccc12)-c1ccccc1-5)c1ccccc41)-c1ccccc1-3)n1c2nc3nc(nc4[nH]c(nc5nc(nc1c1ccccc12)-c1ccccc1-5)c1ccccc41)-c1ccccc1-3. The van der Waals surface area contributed by atoms with Gasteiger partial charge in [-0.15, -0.1) is 0 Å². The molecule has 22 nitrogen and oxygen atoms in total. The Hall–Kier alpha value is -13.3. The van der Waals surface area contributed by atoms with Crippen LogP contribution in [-0.4, -0.2) is 103 Å². The Morgan fingerprint density at radius 1 is 0.337 bits per heavy atom. The largest absolute Gasteiger partial charge is 0.508 e. The molecule has 450 valence electrons. The predicted molar refractivity (Wildman–Crippen MR) is 361 cm³/mol. The van der Waals surface area contributed by atoms with Crippen molar-refractivity contribution in [2.75, 3.05) is 4.31 Å². The van der Waals surface area contributed by atoms with Gasteiger partial charge in [-0.2, -0.15) is 12.4 Å². The van der Waals surface area contributed by atoms with E-state index >= 15 is 13.2 Å². The normalized spacial score (nSPS) is 12.6. The number of fused-ring (bicyclic) bond motifs is 40. The van der Waals surface area contributed by atoms with E-state index in [-0.39, 0.29) is 80.6 Å². The Morgan fingerprint density at radius 3 is 0.884 bits per heavy atom. The number of phenols is 1. The van der Waals surface area contributed by atoms with Gasteiger partial charge in [0.05, 0.1) is 5.69 Å². The lowest BCUT2D eigenvalue weighted by Crippen LogP contribution is -2.45. The van der Waals surface area contributed by atoms with Crippen LogP contribution >= 0.6 is 0 Å². The first-order valence-electron chi connectivity index (χ1n) is 30.1. The number of carboxylic acids is 1. The van der Waals surface area contributed by atoms with Crippen molar-refractivity contribution in [3.05, 3.63) is 218 Å². The molecule has 23 heteroatoms. The number of H-pyrrole nitrogens is 2. The van der Waals surface area contributed by atoms with Gasteiger partial charge in [0.25, 0.3) is 0 Å². The lowest BCUT2D eigenvalue weighted by molar-refractivity contribution is -0.140.